The monoisotopic (exact) mass is 2270 g/mol. The Morgan fingerprint density at radius 3 is 1.29 bits per heavy atom. The summed E-state index contributed by atoms with van der Waals surface area (Å²) in [5.41, 5.74) is 0. The molecular weight excluding hydrogens is 2060 g/mol. The molecule has 0 spiro atoms. The molecule has 0 aromatic carbocycles. The third kappa shape index (κ3) is 191. The molecular formula is C107H220BrCl3N4O27S3. The van der Waals surface area contributed by atoms with E-state index in [0.717, 1.165) is 109 Å². The molecule has 0 saturated carbocycles. The van der Waals surface area contributed by atoms with Crippen molar-refractivity contribution in [3.63, 3.8) is 0 Å². The molecule has 0 saturated heterocycles. The Morgan fingerprint density at radius 1 is 0.407 bits per heavy atom. The fourth-order valence-corrected chi connectivity index (χ4v) is 13.8. The number of nitrogens with one attached hydrogen (secondary N) is 2. The summed E-state index contributed by atoms with van der Waals surface area (Å²) in [6.07, 6.45) is 42.2. The molecule has 0 aliphatic heterocycles. The van der Waals surface area contributed by atoms with Gasteiger partial charge in [-0.2, -0.15) is 0 Å². The van der Waals surface area contributed by atoms with Gasteiger partial charge in [-0.05, 0) is 188 Å². The number of alkyl halides is 4. The van der Waals surface area contributed by atoms with E-state index in [4.69, 9.17) is 88.0 Å². The van der Waals surface area contributed by atoms with Crippen molar-refractivity contribution in [1.82, 2.24) is 19.2 Å². The Kier molecular flexibility index (Phi) is 172. The van der Waals surface area contributed by atoms with E-state index >= 15 is 0 Å². The van der Waals surface area contributed by atoms with E-state index in [9.17, 15) is 68.4 Å². The minimum atomic E-state index is -2.94. The highest BCUT2D eigenvalue weighted by molar-refractivity contribution is 9.09. The third-order valence-electron chi connectivity index (χ3n) is 18.4. The summed E-state index contributed by atoms with van der Waals surface area (Å²) < 4.78 is 113. The lowest BCUT2D eigenvalue weighted by molar-refractivity contribution is -0.146. The van der Waals surface area contributed by atoms with E-state index in [1.165, 1.54) is 139 Å². The predicted octanol–water partition coefficient (Wildman–Crippen LogP) is 26.1. The summed E-state index contributed by atoms with van der Waals surface area (Å²) in [7, 11) is -7.16. The second kappa shape index (κ2) is 146. The van der Waals surface area contributed by atoms with Crippen molar-refractivity contribution in [2.75, 3.05) is 154 Å². The van der Waals surface area contributed by atoms with Gasteiger partial charge in [0.15, 0.2) is 0 Å². The van der Waals surface area contributed by atoms with E-state index < -0.39 is 48.0 Å². The molecule has 0 aromatic rings. The lowest BCUT2D eigenvalue weighted by Gasteiger charge is -2.19. The van der Waals surface area contributed by atoms with Crippen molar-refractivity contribution in [1.29, 1.82) is 0 Å². The summed E-state index contributed by atoms with van der Waals surface area (Å²) in [6.45, 7) is 65.5. The van der Waals surface area contributed by atoms with Gasteiger partial charge in [-0.15, -0.1) is 34.8 Å². The number of hydrogen-bond donors (Lipinski definition) is 5. The molecule has 0 rings (SSSR count). The van der Waals surface area contributed by atoms with Crippen LogP contribution >= 0.6 is 50.7 Å². The number of carbonyl (C=O) groups is 9. The van der Waals surface area contributed by atoms with Gasteiger partial charge >= 0.3 is 47.9 Å². The van der Waals surface area contributed by atoms with E-state index in [-0.39, 0.29) is 96.0 Å². The second-order valence-corrected chi connectivity index (χ2v) is 43.0. The number of unbranched alkanes of at least 4 members (excludes halogenated alkanes) is 15. The zero-order valence-electron chi connectivity index (χ0n) is 95.9. The predicted molar refractivity (Wildman–Crippen MR) is 609 cm³/mol. The summed E-state index contributed by atoms with van der Waals surface area (Å²) in [4.78, 5) is 97.8. The van der Waals surface area contributed by atoms with Gasteiger partial charge in [-0.25, -0.2) is 43.9 Å². The van der Waals surface area contributed by atoms with Crippen LogP contribution in [0.2, 0.25) is 0 Å². The highest BCUT2D eigenvalue weighted by atomic mass is 79.9. The molecule has 145 heavy (non-hydrogen) atoms. The van der Waals surface area contributed by atoms with Crippen LogP contribution in [-0.2, 0) is 111 Å². The number of ether oxygens (including phenoxy) is 9. The summed E-state index contributed by atoms with van der Waals surface area (Å²) in [5, 5.41) is 28.6. The highest BCUT2D eigenvalue weighted by Crippen LogP contribution is 2.13. The number of aliphatic carboxylic acids is 2. The number of rotatable bonds is 76. The van der Waals surface area contributed by atoms with Crippen LogP contribution in [0, 0.1) is 0 Å². The Labute approximate surface area is 911 Å². The lowest BCUT2D eigenvalue weighted by Crippen LogP contribution is -2.29. The second-order valence-electron chi connectivity index (χ2n) is 33.1. The number of ketones is 1. The van der Waals surface area contributed by atoms with Crippen LogP contribution in [0.3, 0.4) is 0 Å². The first-order valence-electron chi connectivity index (χ1n) is 54.5. The van der Waals surface area contributed by atoms with Gasteiger partial charge in [0.25, 0.3) is 0 Å². The first-order chi connectivity index (χ1) is 68.8. The van der Waals surface area contributed by atoms with Crippen molar-refractivity contribution in [3.05, 3.63) is 25.5 Å². The van der Waals surface area contributed by atoms with Gasteiger partial charge in [0.2, 0.25) is 20.0 Å². The Bertz CT molecular complexity index is 3040. The average molecular weight is 2280 g/mol. The number of nitrogens with zero attached hydrogens (tertiary/aromatic N) is 2. The summed E-state index contributed by atoms with van der Waals surface area (Å²) >= 11 is 20.2. The standard InChI is InChI=1S/C11H19ClO4.C11H25N.C9H21N.C9H16O3.C8H17ClO.C8H16O3.C8H14O2.C7H17NO2S.C7H14O4S.C6H12BrCl.C6H15NO2S.2C6H12O2.C5H10O2/c1-2-5-10(13)15-8-3-4-9-16-11(14)6-7-12;1-4-7-9-11-12(6-3)10-8-5-2;1-3-5-7-9-10-8-6-4-2;1-3-5-9(11)12-7-6-8(10)4-2;1-2-3-4-5-6-8(9)7-10;1-3-5-7-11-8(9)10-6-4-2;1-3-5-6-7-10-8(9)4-2;1-4-6-8(3)11(9,10)7-5-2;1-2-12(10,11)6-4-3-5-7(8)9;1-5(7)3-4-6(2)8;1-3-5-7-10(8,9)6-4-2;1-3-7-5-6-8-4-2;1-3-5-8-6(7)4-2;1-2-3-4-5(6)7/h2-9H2,1H3;4-11H2,1-3H3;10H,3-9H2,1-2H3;3-7H2,1-2H3;8,10H,2-7H2,1H3;3-7H2,1-2H3;4H,2-3,5-7H2,1H3;4-7H2,1-3H3;2-6H2,1H3,(H,8,9);5-6H,3-4H2,1-2H3;7H,3-6H2,1-2H3;3H,1,4-6H2,2H3;3-5H2,1-2H3;2-4H2,1H3,(H,6,7). The van der Waals surface area contributed by atoms with Gasteiger partial charge in [-0.3, -0.25) is 33.6 Å². The van der Waals surface area contributed by atoms with Crippen LogP contribution in [0.25, 0.3) is 0 Å². The maximum Gasteiger partial charge on any atom is 0.508 e. The van der Waals surface area contributed by atoms with Crippen LogP contribution in [0.4, 0.5) is 4.79 Å². The molecule has 0 bridgehead atoms. The minimum absolute atomic E-state index is 0.0168. The molecule has 5 N–H and O–H groups in total. The molecule has 0 heterocycles. The lowest BCUT2D eigenvalue weighted by atomic mass is 10.1. The third-order valence-corrected chi connectivity index (χ3v) is 25.0. The molecule has 0 radical (unpaired) electrons. The largest absolute Gasteiger partial charge is 0.508 e. The molecule has 0 fully saturated rings. The summed E-state index contributed by atoms with van der Waals surface area (Å²) in [5.74, 6) is -1.46. The SMILES string of the molecule is C=CC(=O)OCCCCC.C=COCCOCC.CC(Cl)CCC(C)Br.CCCC(=O)OCCC(=O)CC.CCCC(=O)OCCCCOC(=O)CCCl.CCCCC(=O)O.CCCCCCC(Cl)CO.CCCCCN(CC)CCCC.CCCCCNCCCC.CCCCOC(=O)OCCC.CCCN(C)S(=O)(=O)CCC.CCCNS(=O)(=O)CCC.CCCOC(=O)CC.CCS(=O)(=O)CCCCC(=O)O. The number of carboxylic acids is 2. The molecule has 3 unspecified atom stereocenters. The van der Waals surface area contributed by atoms with E-state index in [1.807, 2.05) is 83.1 Å². The molecule has 31 nitrogen and oxygen atoms in total. The fourth-order valence-electron chi connectivity index (χ4n) is 9.70. The quantitative estimate of drug-likeness (QED) is 0.00943. The Balaban J connectivity index is -0.000000107. The zero-order valence-corrected chi connectivity index (χ0v) is 102. The van der Waals surface area contributed by atoms with Gasteiger partial charge in [0.05, 0.1) is 94.8 Å². The van der Waals surface area contributed by atoms with Crippen LogP contribution in [0.5, 0.6) is 0 Å². The fraction of sp³-hybridized carbons (Fsp3) is 0.879. The van der Waals surface area contributed by atoms with Crippen LogP contribution < -0.4 is 10.0 Å². The number of hydrogen-bond acceptors (Lipinski definition) is 27. The maximum absolute atomic E-state index is 11.2. The number of halogens is 4. The number of Topliss-reactive ketones (excluding diaryl/α,β-unsaturated/α-hetero) is 1. The molecule has 0 amide bonds. The number of sulfonamides is 2. The topological polar surface area (TPSA) is 430 Å². The molecule has 876 valence electrons. The number of sulfone groups is 1. The van der Waals surface area contributed by atoms with Crippen LogP contribution in [-0.4, -0.2) is 274 Å². The Hall–Kier alpha value is -4.53. The first-order valence-corrected chi connectivity index (χ1v) is 61.9. The van der Waals surface area contributed by atoms with Gasteiger partial charge in [0, 0.05) is 99.6 Å². The smallest absolute Gasteiger partial charge is 0.499 e. The number of aliphatic hydroxyl groups is 1. The first kappa shape index (κ1) is 171. The van der Waals surface area contributed by atoms with Crippen molar-refractivity contribution >= 4 is 134 Å². The minimum Gasteiger partial charge on any atom is -0.499 e. The van der Waals surface area contributed by atoms with Crippen LogP contribution in [0.1, 0.15) is 442 Å². The molecule has 3 atom stereocenters. The zero-order chi connectivity index (χ0) is 114. The highest BCUT2D eigenvalue weighted by Gasteiger charge is 2.15. The van der Waals surface area contributed by atoms with Gasteiger partial charge < -0.3 is 68.2 Å². The molecule has 0 aromatic heterocycles. The van der Waals surface area contributed by atoms with Crippen molar-refractivity contribution < 1.29 is 126 Å². The molecule has 0 aliphatic carbocycles. The maximum atomic E-state index is 11.2. The summed E-state index contributed by atoms with van der Waals surface area (Å²) in [6, 6.07) is 0. The van der Waals surface area contributed by atoms with Crippen molar-refractivity contribution in [2.24, 2.45) is 0 Å². The van der Waals surface area contributed by atoms with Gasteiger partial charge in [-0.1, -0.05) is 264 Å². The van der Waals surface area contributed by atoms with E-state index in [1.54, 1.807) is 27.8 Å². The van der Waals surface area contributed by atoms with Crippen molar-refractivity contribution in [2.45, 2.75) is 457 Å². The van der Waals surface area contributed by atoms with Crippen LogP contribution in [0.15, 0.2) is 25.5 Å². The van der Waals surface area contributed by atoms with Gasteiger partial charge in [0.1, 0.15) is 22.2 Å². The molecule has 38 heteroatoms. The normalized spacial score (nSPS) is 10.8. The number of aliphatic hydroxyl groups excluding tert-OH is 1. The van der Waals surface area contributed by atoms with E-state index in [0.29, 0.717) is 153 Å². The van der Waals surface area contributed by atoms with Crippen molar-refractivity contribution in [3.8, 4) is 0 Å². The average Bonchev–Trinajstić information content (AvgIpc) is 0.891. The Morgan fingerprint density at radius 2 is 0.869 bits per heavy atom. The van der Waals surface area contributed by atoms with E-state index in [2.05, 4.69) is 104 Å². The number of esters is 5. The number of carboxylic acid groups (broad SMARTS) is 2. The number of carbonyl (C=O) groups excluding carboxylic acids is 7. The molecule has 0 aliphatic rings.